The molecule has 1 unspecified atom stereocenters. The molecule has 1 aromatic heterocycles. The van der Waals surface area contributed by atoms with Crippen molar-refractivity contribution >= 4 is 23.2 Å². The maximum Gasteiger partial charge on any atom is 0.229 e. The molecule has 1 aliphatic heterocycles. The quantitative estimate of drug-likeness (QED) is 0.629. The number of hydrogen-bond acceptors (Lipinski definition) is 4. The largest absolute Gasteiger partial charge is 0.492 e. The summed E-state index contributed by atoms with van der Waals surface area (Å²) in [5.41, 5.74) is 0.495. The number of ether oxygens (including phenoxy) is 1. The Hall–Kier alpha value is -3.75. The lowest BCUT2D eigenvalue weighted by Crippen LogP contribution is -2.28. The van der Waals surface area contributed by atoms with Crippen LogP contribution in [0.15, 0.2) is 60.9 Å². The summed E-state index contributed by atoms with van der Waals surface area (Å²) in [5.74, 6) is -2.37. The smallest absolute Gasteiger partial charge is 0.229 e. The highest BCUT2D eigenvalue weighted by atomic mass is 19.1. The first-order chi connectivity index (χ1) is 15.0. The van der Waals surface area contributed by atoms with Crippen LogP contribution in [0.25, 0.3) is 0 Å². The number of benzene rings is 2. The van der Waals surface area contributed by atoms with Gasteiger partial charge in [0, 0.05) is 43.2 Å². The zero-order chi connectivity index (χ0) is 21.8. The van der Waals surface area contributed by atoms with Gasteiger partial charge < -0.3 is 15.0 Å². The number of aromatic nitrogens is 2. The molecule has 0 aliphatic carbocycles. The van der Waals surface area contributed by atoms with E-state index in [1.165, 1.54) is 11.0 Å². The Kier molecular flexibility index (Phi) is 5.92. The molecular weight excluding hydrogens is 406 g/mol. The third-order valence-corrected chi connectivity index (χ3v) is 4.95. The summed E-state index contributed by atoms with van der Waals surface area (Å²) in [6.45, 7) is 1.02. The van der Waals surface area contributed by atoms with Crippen molar-refractivity contribution in [2.24, 2.45) is 5.92 Å². The fourth-order valence-corrected chi connectivity index (χ4v) is 3.41. The van der Waals surface area contributed by atoms with Gasteiger partial charge in [-0.2, -0.15) is 5.10 Å². The van der Waals surface area contributed by atoms with Crippen LogP contribution >= 0.6 is 0 Å². The Labute approximate surface area is 177 Å². The summed E-state index contributed by atoms with van der Waals surface area (Å²) in [6.07, 6.45) is 3.47. The number of halogens is 2. The summed E-state index contributed by atoms with van der Waals surface area (Å²) in [4.78, 5) is 26.1. The lowest BCUT2D eigenvalue weighted by atomic mass is 10.1. The average Bonchev–Trinajstić information content (AvgIpc) is 3.38. The molecule has 2 amide bonds. The molecule has 4 rings (SSSR count). The predicted molar refractivity (Wildman–Crippen MR) is 110 cm³/mol. The number of nitrogens with zero attached hydrogens (tertiary/aromatic N) is 3. The van der Waals surface area contributed by atoms with Crippen molar-refractivity contribution in [2.75, 3.05) is 23.4 Å². The Bertz CT molecular complexity index is 1090. The van der Waals surface area contributed by atoms with Gasteiger partial charge in [0.05, 0.1) is 18.2 Å². The molecule has 2 aromatic carbocycles. The molecular formula is C22H20F2N4O3. The first-order valence-electron chi connectivity index (χ1n) is 9.76. The third kappa shape index (κ3) is 4.88. The average molecular weight is 426 g/mol. The Balaban J connectivity index is 1.35. The van der Waals surface area contributed by atoms with E-state index in [2.05, 4.69) is 10.4 Å². The highest BCUT2D eigenvalue weighted by molar-refractivity contribution is 6.03. The van der Waals surface area contributed by atoms with E-state index in [0.717, 1.165) is 6.07 Å². The molecule has 7 nitrogen and oxygen atoms in total. The van der Waals surface area contributed by atoms with Crippen LogP contribution in [-0.2, 0) is 16.1 Å². The van der Waals surface area contributed by atoms with Crippen molar-refractivity contribution in [3.05, 3.63) is 72.6 Å². The molecule has 1 atom stereocenters. The minimum absolute atomic E-state index is 0.0211. The fraction of sp³-hybridized carbons (Fsp3) is 0.227. The molecule has 3 aromatic rings. The van der Waals surface area contributed by atoms with Crippen molar-refractivity contribution in [1.82, 2.24) is 9.78 Å². The number of anilines is 2. The number of hydrogen-bond donors (Lipinski definition) is 1. The van der Waals surface area contributed by atoms with Crippen molar-refractivity contribution in [2.45, 2.75) is 13.0 Å². The van der Waals surface area contributed by atoms with Crippen LogP contribution in [0.3, 0.4) is 0 Å². The zero-order valence-electron chi connectivity index (χ0n) is 16.5. The van der Waals surface area contributed by atoms with Crippen molar-refractivity contribution < 1.29 is 23.1 Å². The maximum atomic E-state index is 14.0. The molecule has 1 aliphatic rings. The first-order valence-corrected chi connectivity index (χ1v) is 9.76. The van der Waals surface area contributed by atoms with E-state index in [9.17, 15) is 18.4 Å². The van der Waals surface area contributed by atoms with Crippen LogP contribution in [0.4, 0.5) is 20.2 Å². The van der Waals surface area contributed by atoms with Gasteiger partial charge >= 0.3 is 0 Å². The molecule has 0 bridgehead atoms. The minimum Gasteiger partial charge on any atom is -0.492 e. The van der Waals surface area contributed by atoms with Crippen molar-refractivity contribution in [1.29, 1.82) is 0 Å². The summed E-state index contributed by atoms with van der Waals surface area (Å²) in [5, 5.41) is 6.87. The van der Waals surface area contributed by atoms with E-state index in [-0.39, 0.29) is 30.5 Å². The maximum absolute atomic E-state index is 14.0. The van der Waals surface area contributed by atoms with E-state index in [1.807, 2.05) is 12.3 Å². The minimum atomic E-state index is -0.839. The predicted octanol–water partition coefficient (Wildman–Crippen LogP) is 3.23. The lowest BCUT2D eigenvalue weighted by Gasteiger charge is -2.17. The zero-order valence-corrected chi connectivity index (χ0v) is 16.5. The molecule has 1 fully saturated rings. The molecule has 1 saturated heterocycles. The Morgan fingerprint density at radius 1 is 1.19 bits per heavy atom. The van der Waals surface area contributed by atoms with Gasteiger partial charge in [0.1, 0.15) is 24.0 Å². The number of carbonyl (C=O) groups is 2. The van der Waals surface area contributed by atoms with Crippen LogP contribution in [0, 0.1) is 17.6 Å². The Morgan fingerprint density at radius 2 is 2.06 bits per heavy atom. The van der Waals surface area contributed by atoms with Gasteiger partial charge in [-0.1, -0.05) is 6.07 Å². The topological polar surface area (TPSA) is 76.5 Å². The van der Waals surface area contributed by atoms with Gasteiger partial charge in [-0.15, -0.1) is 0 Å². The number of rotatable bonds is 7. The molecule has 31 heavy (non-hydrogen) atoms. The summed E-state index contributed by atoms with van der Waals surface area (Å²) < 4.78 is 34.6. The number of carbonyl (C=O) groups excluding carboxylic acids is 2. The van der Waals surface area contributed by atoms with E-state index in [0.29, 0.717) is 30.7 Å². The van der Waals surface area contributed by atoms with Crippen LogP contribution in [0.5, 0.6) is 5.75 Å². The summed E-state index contributed by atoms with van der Waals surface area (Å²) in [7, 11) is 0. The molecule has 2 heterocycles. The van der Waals surface area contributed by atoms with Gasteiger partial charge in [-0.05, 0) is 30.3 Å². The standard InChI is InChI=1S/C22H20F2N4O3/c23-16-5-6-20(19(24)12-16)28-14-15(11-21(28)29)22(30)26-17-3-1-4-18(13-17)31-10-9-27-8-2-7-25-27/h1-8,12-13,15H,9-11,14H2,(H,26,30). The number of amides is 2. The van der Waals surface area contributed by atoms with Gasteiger partial charge in [-0.25, -0.2) is 8.78 Å². The first kappa shape index (κ1) is 20.5. The highest BCUT2D eigenvalue weighted by Gasteiger charge is 2.36. The summed E-state index contributed by atoms with van der Waals surface area (Å²) >= 11 is 0. The van der Waals surface area contributed by atoms with Crippen molar-refractivity contribution in [3.8, 4) is 5.75 Å². The molecule has 0 saturated carbocycles. The second-order valence-electron chi connectivity index (χ2n) is 7.14. The van der Waals surface area contributed by atoms with Crippen LogP contribution in [0.2, 0.25) is 0 Å². The van der Waals surface area contributed by atoms with E-state index < -0.39 is 17.6 Å². The molecule has 160 valence electrons. The van der Waals surface area contributed by atoms with Gasteiger partial charge in [0.15, 0.2) is 0 Å². The van der Waals surface area contributed by atoms with Crippen LogP contribution < -0.4 is 15.0 Å². The molecule has 0 radical (unpaired) electrons. The van der Waals surface area contributed by atoms with Crippen LogP contribution in [-0.4, -0.2) is 34.7 Å². The lowest BCUT2D eigenvalue weighted by molar-refractivity contribution is -0.122. The highest BCUT2D eigenvalue weighted by Crippen LogP contribution is 2.29. The summed E-state index contributed by atoms with van der Waals surface area (Å²) in [6, 6.07) is 11.8. The second-order valence-corrected chi connectivity index (χ2v) is 7.14. The van der Waals surface area contributed by atoms with Gasteiger partial charge in [0.25, 0.3) is 0 Å². The van der Waals surface area contributed by atoms with Crippen molar-refractivity contribution in [3.63, 3.8) is 0 Å². The van der Waals surface area contributed by atoms with E-state index in [4.69, 9.17) is 4.74 Å². The van der Waals surface area contributed by atoms with Crippen LogP contribution in [0.1, 0.15) is 6.42 Å². The fourth-order valence-electron chi connectivity index (χ4n) is 3.41. The monoisotopic (exact) mass is 426 g/mol. The van der Waals surface area contributed by atoms with Gasteiger partial charge in [-0.3, -0.25) is 14.3 Å². The molecule has 9 heteroatoms. The Morgan fingerprint density at radius 3 is 2.84 bits per heavy atom. The molecule has 0 spiro atoms. The molecule has 1 N–H and O–H groups in total. The third-order valence-electron chi connectivity index (χ3n) is 4.95. The van der Waals surface area contributed by atoms with E-state index >= 15 is 0 Å². The van der Waals surface area contributed by atoms with Gasteiger partial charge in [0.2, 0.25) is 11.8 Å². The SMILES string of the molecule is O=C(Nc1cccc(OCCn2cccn2)c1)C1CC(=O)N(c2ccc(F)cc2F)C1. The second kappa shape index (κ2) is 8.95. The normalized spacial score (nSPS) is 15.9. The number of nitrogens with one attached hydrogen (secondary N) is 1. The van der Waals surface area contributed by atoms with E-state index in [1.54, 1.807) is 35.1 Å².